The third-order valence-corrected chi connectivity index (χ3v) is 6.54. The van der Waals surface area contributed by atoms with Gasteiger partial charge in [-0.3, -0.25) is 9.69 Å². The summed E-state index contributed by atoms with van der Waals surface area (Å²) in [7, 11) is 0. The van der Waals surface area contributed by atoms with Crippen molar-refractivity contribution in [3.05, 3.63) is 41.5 Å². The molecule has 1 aromatic carbocycles. The molecule has 3 heterocycles. The van der Waals surface area contributed by atoms with Gasteiger partial charge in [-0.1, -0.05) is 24.3 Å². The molecular formula is C19H22N2O2. The molecule has 1 aromatic rings. The van der Waals surface area contributed by atoms with Crippen molar-refractivity contribution in [3.8, 4) is 0 Å². The lowest BCUT2D eigenvalue weighted by Crippen LogP contribution is -2.66. The minimum Gasteiger partial charge on any atom is -0.381 e. The number of nitrogens with zero attached hydrogens (tertiary/aromatic N) is 1. The number of Topliss-reactive ketones (excluding diaryl/α,β-unsaturated/α-hetero) is 1. The maximum atomic E-state index is 11.9. The number of carbonyl (C=O) groups is 1. The van der Waals surface area contributed by atoms with E-state index in [1.54, 1.807) is 6.92 Å². The molecule has 1 spiro atoms. The maximum absolute atomic E-state index is 11.9. The van der Waals surface area contributed by atoms with Crippen LogP contribution < -0.4 is 5.32 Å². The number of piperidine rings is 1. The number of anilines is 1. The van der Waals surface area contributed by atoms with Crippen LogP contribution in [0.5, 0.6) is 0 Å². The summed E-state index contributed by atoms with van der Waals surface area (Å²) in [6, 6.07) is 8.12. The molecule has 4 heteroatoms. The van der Waals surface area contributed by atoms with E-state index in [1.807, 2.05) is 18.2 Å². The molecule has 0 aromatic heterocycles. The first kappa shape index (κ1) is 13.8. The summed E-state index contributed by atoms with van der Waals surface area (Å²) in [4.78, 5) is 14.4. The number of hydrogen-bond donors (Lipinski definition) is 2. The van der Waals surface area contributed by atoms with E-state index in [1.165, 1.54) is 0 Å². The second kappa shape index (κ2) is 4.25. The highest BCUT2D eigenvalue weighted by Gasteiger charge is 2.68. The molecule has 120 valence electrons. The van der Waals surface area contributed by atoms with Gasteiger partial charge in [0.15, 0.2) is 5.78 Å². The Morgan fingerprint density at radius 2 is 2.22 bits per heavy atom. The molecule has 2 fully saturated rings. The van der Waals surface area contributed by atoms with Crippen molar-refractivity contribution >= 4 is 11.5 Å². The molecule has 4 atom stereocenters. The first-order valence-electron chi connectivity index (χ1n) is 8.61. The summed E-state index contributed by atoms with van der Waals surface area (Å²) < 4.78 is 0. The lowest BCUT2D eigenvalue weighted by molar-refractivity contribution is -0.115. The van der Waals surface area contributed by atoms with Gasteiger partial charge in [0.1, 0.15) is 11.3 Å². The highest BCUT2D eigenvalue weighted by atomic mass is 16.3. The maximum Gasteiger partial charge on any atom is 0.155 e. The zero-order valence-electron chi connectivity index (χ0n) is 13.4. The van der Waals surface area contributed by atoms with Crippen LogP contribution in [0.25, 0.3) is 0 Å². The van der Waals surface area contributed by atoms with Gasteiger partial charge in [0.05, 0.1) is 0 Å². The summed E-state index contributed by atoms with van der Waals surface area (Å²) in [5.74, 6) is 0.887. The SMILES string of the molecule is CC(=O)C1=C[C@H]2C[C@H](C1)CN1CC[C@@]3(O)c4ccccc4N[C@@]213. The molecule has 4 nitrogen and oxygen atoms in total. The molecule has 23 heavy (non-hydrogen) atoms. The van der Waals surface area contributed by atoms with Crippen LogP contribution in [0.1, 0.15) is 31.7 Å². The number of carbonyl (C=O) groups excluding carboxylic acids is 1. The van der Waals surface area contributed by atoms with E-state index >= 15 is 0 Å². The van der Waals surface area contributed by atoms with Gasteiger partial charge in [0.2, 0.25) is 0 Å². The fraction of sp³-hybridized carbons (Fsp3) is 0.526. The van der Waals surface area contributed by atoms with E-state index in [0.717, 1.165) is 49.2 Å². The highest BCUT2D eigenvalue weighted by Crippen LogP contribution is 2.61. The predicted molar refractivity (Wildman–Crippen MR) is 87.9 cm³/mol. The van der Waals surface area contributed by atoms with E-state index < -0.39 is 11.3 Å². The zero-order chi connectivity index (χ0) is 15.8. The molecule has 0 unspecified atom stereocenters. The van der Waals surface area contributed by atoms with Crippen LogP contribution in [-0.2, 0) is 10.4 Å². The number of para-hydroxylation sites is 1. The van der Waals surface area contributed by atoms with Crippen molar-refractivity contribution in [1.29, 1.82) is 0 Å². The van der Waals surface area contributed by atoms with Crippen LogP contribution in [0.15, 0.2) is 35.9 Å². The van der Waals surface area contributed by atoms with Crippen molar-refractivity contribution in [2.75, 3.05) is 18.4 Å². The summed E-state index contributed by atoms with van der Waals surface area (Å²) in [6.45, 7) is 3.54. The summed E-state index contributed by atoms with van der Waals surface area (Å²) in [6.07, 6.45) is 4.85. The normalized spacial score (nSPS) is 40.7. The molecule has 0 radical (unpaired) electrons. The molecule has 2 saturated heterocycles. The number of ketones is 1. The van der Waals surface area contributed by atoms with E-state index in [9.17, 15) is 9.90 Å². The van der Waals surface area contributed by atoms with Gasteiger partial charge in [0.25, 0.3) is 0 Å². The molecule has 2 bridgehead atoms. The lowest BCUT2D eigenvalue weighted by Gasteiger charge is -2.54. The van der Waals surface area contributed by atoms with Crippen molar-refractivity contribution < 1.29 is 9.90 Å². The van der Waals surface area contributed by atoms with Gasteiger partial charge in [0, 0.05) is 30.3 Å². The standard InChI is InChI=1S/C19H22N2O2/c1-12(22)14-8-13-9-15(10-14)19-18(23,6-7-21(19)11-13)16-4-2-3-5-17(16)20-19/h2-5,10,13,15,20,23H,6-9,11H2,1H3/t13-,15+,18+,19-/m0/s1. The van der Waals surface area contributed by atoms with Gasteiger partial charge in [-0.25, -0.2) is 0 Å². The van der Waals surface area contributed by atoms with Gasteiger partial charge in [-0.15, -0.1) is 0 Å². The minimum atomic E-state index is -0.866. The molecule has 5 rings (SSSR count). The summed E-state index contributed by atoms with van der Waals surface area (Å²) in [5.41, 5.74) is 1.67. The van der Waals surface area contributed by atoms with Gasteiger partial charge >= 0.3 is 0 Å². The van der Waals surface area contributed by atoms with Crippen molar-refractivity contribution in [2.45, 2.75) is 37.5 Å². The van der Waals surface area contributed by atoms with E-state index in [4.69, 9.17) is 0 Å². The predicted octanol–water partition coefficient (Wildman–Crippen LogP) is 2.26. The van der Waals surface area contributed by atoms with Gasteiger partial charge in [-0.2, -0.15) is 0 Å². The fourth-order valence-electron chi connectivity index (χ4n) is 5.61. The van der Waals surface area contributed by atoms with E-state index in [-0.39, 0.29) is 11.7 Å². The van der Waals surface area contributed by atoms with Crippen LogP contribution >= 0.6 is 0 Å². The Kier molecular flexibility index (Phi) is 2.54. The molecule has 0 saturated carbocycles. The number of rotatable bonds is 1. The van der Waals surface area contributed by atoms with Crippen molar-refractivity contribution in [2.24, 2.45) is 11.8 Å². The Morgan fingerprint density at radius 3 is 3.04 bits per heavy atom. The van der Waals surface area contributed by atoms with E-state index in [2.05, 4.69) is 22.4 Å². The first-order valence-corrected chi connectivity index (χ1v) is 8.61. The van der Waals surface area contributed by atoms with Crippen molar-refractivity contribution in [3.63, 3.8) is 0 Å². The molecule has 1 aliphatic carbocycles. The Morgan fingerprint density at radius 1 is 1.39 bits per heavy atom. The molecule has 2 N–H and O–H groups in total. The van der Waals surface area contributed by atoms with Crippen LogP contribution in [0, 0.1) is 11.8 Å². The fourth-order valence-corrected chi connectivity index (χ4v) is 5.61. The second-order valence-electron chi connectivity index (χ2n) is 7.65. The van der Waals surface area contributed by atoms with Crippen LogP contribution in [0.3, 0.4) is 0 Å². The topological polar surface area (TPSA) is 52.6 Å². The van der Waals surface area contributed by atoms with E-state index in [0.29, 0.717) is 5.92 Å². The number of benzene rings is 1. The van der Waals surface area contributed by atoms with Crippen molar-refractivity contribution in [1.82, 2.24) is 4.90 Å². The first-order chi connectivity index (χ1) is 11.0. The largest absolute Gasteiger partial charge is 0.381 e. The number of nitrogens with one attached hydrogen (secondary N) is 1. The van der Waals surface area contributed by atoms with Crippen LogP contribution in [-0.4, -0.2) is 34.5 Å². The number of aliphatic hydroxyl groups is 1. The third-order valence-electron chi connectivity index (χ3n) is 6.54. The number of hydrogen-bond acceptors (Lipinski definition) is 4. The van der Waals surface area contributed by atoms with Crippen LogP contribution in [0.2, 0.25) is 0 Å². The Labute approximate surface area is 136 Å². The second-order valence-corrected chi connectivity index (χ2v) is 7.65. The lowest BCUT2D eigenvalue weighted by atomic mass is 9.67. The average molecular weight is 310 g/mol. The quantitative estimate of drug-likeness (QED) is 0.835. The zero-order valence-corrected chi connectivity index (χ0v) is 13.4. The highest BCUT2D eigenvalue weighted by molar-refractivity contribution is 5.93. The Balaban J connectivity index is 1.69. The smallest absolute Gasteiger partial charge is 0.155 e. The molecule has 0 amide bonds. The van der Waals surface area contributed by atoms with Crippen LogP contribution in [0.4, 0.5) is 5.69 Å². The average Bonchev–Trinajstić information content (AvgIpc) is 2.96. The molecule has 4 aliphatic rings. The summed E-state index contributed by atoms with van der Waals surface area (Å²) >= 11 is 0. The number of allylic oxidation sites excluding steroid dienone is 1. The minimum absolute atomic E-state index is 0.175. The Bertz CT molecular complexity index is 743. The van der Waals surface area contributed by atoms with Gasteiger partial charge in [-0.05, 0) is 43.7 Å². The monoisotopic (exact) mass is 310 g/mol. The Hall–Kier alpha value is -1.65. The number of fused-ring (bicyclic) bond motifs is 4. The van der Waals surface area contributed by atoms with Gasteiger partial charge < -0.3 is 10.4 Å². The summed E-state index contributed by atoms with van der Waals surface area (Å²) in [5, 5.41) is 15.4. The molecule has 3 aliphatic heterocycles. The molecular weight excluding hydrogens is 288 g/mol. The third kappa shape index (κ3) is 1.51.